The maximum Gasteiger partial charge on any atom is 0.341 e. The van der Waals surface area contributed by atoms with Gasteiger partial charge in [-0.2, -0.15) is 0 Å². The van der Waals surface area contributed by atoms with Crippen LogP contribution in [0.25, 0.3) is 5.69 Å². The number of aromatic hydroxyl groups is 1. The van der Waals surface area contributed by atoms with Gasteiger partial charge in [0.25, 0.3) is 0 Å². The van der Waals surface area contributed by atoms with Crippen molar-refractivity contribution in [3.8, 4) is 11.4 Å². The van der Waals surface area contributed by atoms with Gasteiger partial charge >= 0.3 is 5.97 Å². The fourth-order valence-electron chi connectivity index (χ4n) is 1.36. The van der Waals surface area contributed by atoms with Gasteiger partial charge in [-0.25, -0.2) is 4.79 Å². The molecule has 0 aliphatic heterocycles. The lowest BCUT2D eigenvalue weighted by molar-refractivity contribution is 0.0694. The van der Waals surface area contributed by atoms with E-state index in [4.69, 9.17) is 5.11 Å². The second-order valence-corrected chi connectivity index (χ2v) is 3.11. The molecule has 0 saturated heterocycles. The summed E-state index contributed by atoms with van der Waals surface area (Å²) < 4.78 is 1.57. The predicted octanol–water partition coefficient (Wildman–Crippen LogP) is 1.88. The molecule has 0 unspecified atom stereocenters. The SMILES string of the molecule is O=C(O)c1cn(-c2ccccc2)cc1O. The molecule has 0 saturated carbocycles. The molecule has 0 atom stereocenters. The first-order chi connectivity index (χ1) is 7.18. The Kier molecular flexibility index (Phi) is 2.17. The molecule has 1 aromatic heterocycles. The van der Waals surface area contributed by atoms with Gasteiger partial charge in [-0.1, -0.05) is 18.2 Å². The Balaban J connectivity index is 2.48. The molecule has 0 spiro atoms. The second kappa shape index (κ2) is 3.49. The van der Waals surface area contributed by atoms with Gasteiger partial charge in [0.1, 0.15) is 11.3 Å². The van der Waals surface area contributed by atoms with Crippen molar-refractivity contribution >= 4 is 5.97 Å². The number of carbonyl (C=O) groups is 1. The molecule has 2 rings (SSSR count). The largest absolute Gasteiger partial charge is 0.505 e. The van der Waals surface area contributed by atoms with E-state index in [1.165, 1.54) is 12.4 Å². The van der Waals surface area contributed by atoms with E-state index in [1.807, 2.05) is 30.3 Å². The molecule has 76 valence electrons. The number of para-hydroxylation sites is 1. The van der Waals surface area contributed by atoms with Crippen molar-refractivity contribution in [3.63, 3.8) is 0 Å². The van der Waals surface area contributed by atoms with Gasteiger partial charge < -0.3 is 14.8 Å². The average Bonchev–Trinajstić information content (AvgIpc) is 2.62. The number of nitrogens with zero attached hydrogens (tertiary/aromatic N) is 1. The quantitative estimate of drug-likeness (QED) is 0.783. The van der Waals surface area contributed by atoms with Crippen LogP contribution in [0.15, 0.2) is 42.7 Å². The van der Waals surface area contributed by atoms with E-state index in [9.17, 15) is 9.90 Å². The molecule has 4 heteroatoms. The third kappa shape index (κ3) is 1.69. The molecule has 1 aromatic carbocycles. The van der Waals surface area contributed by atoms with Crippen LogP contribution in [-0.4, -0.2) is 20.7 Å². The molecule has 4 nitrogen and oxygen atoms in total. The fourth-order valence-corrected chi connectivity index (χ4v) is 1.36. The Morgan fingerprint density at radius 1 is 1.13 bits per heavy atom. The predicted molar refractivity (Wildman–Crippen MR) is 54.4 cm³/mol. The highest BCUT2D eigenvalue weighted by Gasteiger charge is 2.12. The number of benzene rings is 1. The van der Waals surface area contributed by atoms with Crippen molar-refractivity contribution in [1.29, 1.82) is 0 Å². The number of aromatic carboxylic acids is 1. The van der Waals surface area contributed by atoms with Gasteiger partial charge in [0.2, 0.25) is 0 Å². The van der Waals surface area contributed by atoms with Crippen LogP contribution in [0.3, 0.4) is 0 Å². The van der Waals surface area contributed by atoms with Gasteiger partial charge in [0.05, 0.1) is 6.20 Å². The summed E-state index contributed by atoms with van der Waals surface area (Å²) in [6, 6.07) is 9.20. The molecule has 0 aliphatic carbocycles. The highest BCUT2D eigenvalue weighted by atomic mass is 16.4. The van der Waals surface area contributed by atoms with E-state index in [-0.39, 0.29) is 11.3 Å². The summed E-state index contributed by atoms with van der Waals surface area (Å²) >= 11 is 0. The van der Waals surface area contributed by atoms with Crippen molar-refractivity contribution < 1.29 is 15.0 Å². The molecule has 15 heavy (non-hydrogen) atoms. The highest BCUT2D eigenvalue weighted by Crippen LogP contribution is 2.20. The number of hydrogen-bond donors (Lipinski definition) is 2. The van der Waals surface area contributed by atoms with Crippen molar-refractivity contribution in [2.45, 2.75) is 0 Å². The maximum absolute atomic E-state index is 10.7. The van der Waals surface area contributed by atoms with Gasteiger partial charge in [-0.15, -0.1) is 0 Å². The second-order valence-electron chi connectivity index (χ2n) is 3.11. The summed E-state index contributed by atoms with van der Waals surface area (Å²) in [6.45, 7) is 0. The molecule has 0 radical (unpaired) electrons. The third-order valence-corrected chi connectivity index (χ3v) is 2.09. The molecular weight excluding hydrogens is 194 g/mol. The number of hydrogen-bond acceptors (Lipinski definition) is 2. The minimum atomic E-state index is -1.14. The van der Waals surface area contributed by atoms with Gasteiger partial charge in [0, 0.05) is 11.9 Å². The summed E-state index contributed by atoms with van der Waals surface area (Å²) in [5, 5.41) is 18.1. The monoisotopic (exact) mass is 203 g/mol. The molecule has 2 aromatic rings. The number of rotatable bonds is 2. The van der Waals surface area contributed by atoms with Crippen molar-refractivity contribution in [3.05, 3.63) is 48.3 Å². The molecular formula is C11H9NO3. The van der Waals surface area contributed by atoms with E-state index in [1.54, 1.807) is 4.57 Å². The van der Waals surface area contributed by atoms with Crippen LogP contribution >= 0.6 is 0 Å². The standard InChI is InChI=1S/C11H9NO3/c13-10-7-12(6-9(10)11(14)15)8-4-2-1-3-5-8/h1-7,13H,(H,14,15). The van der Waals surface area contributed by atoms with Gasteiger partial charge in [0.15, 0.2) is 0 Å². The third-order valence-electron chi connectivity index (χ3n) is 2.09. The summed E-state index contributed by atoms with van der Waals surface area (Å²) in [5.41, 5.74) is 0.708. The minimum Gasteiger partial charge on any atom is -0.505 e. The lowest BCUT2D eigenvalue weighted by Crippen LogP contribution is -1.94. The van der Waals surface area contributed by atoms with E-state index < -0.39 is 5.97 Å². The molecule has 0 fully saturated rings. The Hall–Kier alpha value is -2.23. The summed E-state index contributed by atoms with van der Waals surface area (Å²) in [5.74, 6) is -1.37. The molecule has 1 heterocycles. The van der Waals surface area contributed by atoms with Crippen LogP contribution in [0.1, 0.15) is 10.4 Å². The Morgan fingerprint density at radius 2 is 1.80 bits per heavy atom. The average molecular weight is 203 g/mol. The zero-order chi connectivity index (χ0) is 10.8. The summed E-state index contributed by atoms with van der Waals surface area (Å²) in [7, 11) is 0. The molecule has 0 amide bonds. The van der Waals surface area contributed by atoms with Crippen LogP contribution in [-0.2, 0) is 0 Å². The van der Waals surface area contributed by atoms with Crippen molar-refractivity contribution in [2.75, 3.05) is 0 Å². The summed E-state index contributed by atoms with van der Waals surface area (Å²) in [4.78, 5) is 10.7. The van der Waals surface area contributed by atoms with Gasteiger partial charge in [-0.3, -0.25) is 0 Å². The first-order valence-electron chi connectivity index (χ1n) is 4.38. The van der Waals surface area contributed by atoms with Crippen LogP contribution in [0.2, 0.25) is 0 Å². The Labute approximate surface area is 86.0 Å². The minimum absolute atomic E-state index is 0.0983. The first-order valence-corrected chi connectivity index (χ1v) is 4.38. The zero-order valence-corrected chi connectivity index (χ0v) is 7.79. The van der Waals surface area contributed by atoms with Crippen molar-refractivity contribution in [1.82, 2.24) is 4.57 Å². The zero-order valence-electron chi connectivity index (χ0n) is 7.79. The smallest absolute Gasteiger partial charge is 0.341 e. The van der Waals surface area contributed by atoms with Crippen LogP contribution in [0.5, 0.6) is 5.75 Å². The lowest BCUT2D eigenvalue weighted by Gasteiger charge is -1.99. The van der Waals surface area contributed by atoms with Crippen molar-refractivity contribution in [2.24, 2.45) is 0 Å². The highest BCUT2D eigenvalue weighted by molar-refractivity contribution is 5.90. The van der Waals surface area contributed by atoms with E-state index in [0.717, 1.165) is 5.69 Å². The normalized spacial score (nSPS) is 10.1. The first kappa shape index (κ1) is 9.33. The fraction of sp³-hybridized carbons (Fsp3) is 0. The van der Waals surface area contributed by atoms with Crippen LogP contribution in [0, 0.1) is 0 Å². The number of carboxylic acid groups (broad SMARTS) is 1. The topological polar surface area (TPSA) is 62.5 Å². The molecule has 2 N–H and O–H groups in total. The lowest BCUT2D eigenvalue weighted by atomic mass is 10.3. The van der Waals surface area contributed by atoms with Gasteiger partial charge in [-0.05, 0) is 12.1 Å². The Morgan fingerprint density at radius 3 is 2.33 bits per heavy atom. The summed E-state index contributed by atoms with van der Waals surface area (Å²) in [6.07, 6.45) is 2.76. The number of aromatic nitrogens is 1. The van der Waals surface area contributed by atoms with E-state index in [0.29, 0.717) is 0 Å². The van der Waals surface area contributed by atoms with Crippen LogP contribution < -0.4 is 0 Å². The maximum atomic E-state index is 10.7. The number of carboxylic acids is 1. The molecule has 0 bridgehead atoms. The van der Waals surface area contributed by atoms with E-state index >= 15 is 0 Å². The molecule has 0 aliphatic rings. The van der Waals surface area contributed by atoms with E-state index in [2.05, 4.69) is 0 Å². The van der Waals surface area contributed by atoms with Crippen LogP contribution in [0.4, 0.5) is 0 Å². The Bertz CT molecular complexity index is 488.